The lowest BCUT2D eigenvalue weighted by atomic mass is 10.2. The van der Waals surface area contributed by atoms with Crippen molar-refractivity contribution in [3.8, 4) is 5.75 Å². The molecule has 0 radical (unpaired) electrons. The van der Waals surface area contributed by atoms with Crippen LogP contribution in [-0.4, -0.2) is 36.6 Å². The summed E-state index contributed by atoms with van der Waals surface area (Å²) in [4.78, 5) is 6.64. The van der Waals surface area contributed by atoms with E-state index in [0.717, 1.165) is 13.1 Å². The lowest BCUT2D eigenvalue weighted by molar-refractivity contribution is 0.230. The van der Waals surface area contributed by atoms with Gasteiger partial charge in [-0.3, -0.25) is 0 Å². The zero-order valence-electron chi connectivity index (χ0n) is 12.6. The Labute approximate surface area is 131 Å². The largest absolute Gasteiger partial charge is 0.487 e. The second-order valence-electron chi connectivity index (χ2n) is 5.46. The van der Waals surface area contributed by atoms with Crippen molar-refractivity contribution in [2.24, 2.45) is 10.7 Å². The fraction of sp³-hybridized carbons (Fsp3) is 0.562. The average Bonchev–Trinajstić information content (AvgIpc) is 2.76. The Kier molecular flexibility index (Phi) is 6.18. The van der Waals surface area contributed by atoms with Crippen LogP contribution in [0, 0.1) is 0 Å². The van der Waals surface area contributed by atoms with E-state index in [-0.39, 0.29) is 6.10 Å². The number of rotatable bonds is 4. The molecule has 1 aliphatic rings. The molecule has 0 aromatic heterocycles. The summed E-state index contributed by atoms with van der Waals surface area (Å²) in [6, 6.07) is 7.47. The number of benzene rings is 1. The third-order valence-electron chi connectivity index (χ3n) is 3.61. The number of guanidine groups is 1. The van der Waals surface area contributed by atoms with E-state index in [2.05, 4.69) is 9.89 Å². The molecule has 1 saturated heterocycles. The van der Waals surface area contributed by atoms with Crippen LogP contribution in [0.5, 0.6) is 5.75 Å². The van der Waals surface area contributed by atoms with Gasteiger partial charge in [0.1, 0.15) is 11.9 Å². The van der Waals surface area contributed by atoms with Crippen molar-refractivity contribution < 1.29 is 4.74 Å². The second-order valence-corrected chi connectivity index (χ2v) is 5.87. The van der Waals surface area contributed by atoms with Gasteiger partial charge < -0.3 is 15.4 Å². The summed E-state index contributed by atoms with van der Waals surface area (Å²) < 4.78 is 5.79. The van der Waals surface area contributed by atoms with E-state index in [1.165, 1.54) is 25.7 Å². The number of nitrogens with two attached hydrogens (primary N) is 1. The first kappa shape index (κ1) is 16.0. The van der Waals surface area contributed by atoms with Gasteiger partial charge in [-0.2, -0.15) is 0 Å². The molecule has 0 saturated carbocycles. The van der Waals surface area contributed by atoms with Gasteiger partial charge >= 0.3 is 0 Å². The van der Waals surface area contributed by atoms with Gasteiger partial charge in [-0.25, -0.2) is 4.99 Å². The number of nitrogens with zero attached hydrogens (tertiary/aromatic N) is 2. The van der Waals surface area contributed by atoms with Gasteiger partial charge in [0.15, 0.2) is 5.96 Å². The van der Waals surface area contributed by atoms with Gasteiger partial charge in [0, 0.05) is 13.1 Å². The number of hydrogen-bond donors (Lipinski definition) is 1. The first-order valence-electron chi connectivity index (χ1n) is 7.63. The van der Waals surface area contributed by atoms with Crippen LogP contribution in [0.25, 0.3) is 0 Å². The molecule has 0 amide bonds. The molecule has 2 N–H and O–H groups in total. The molecule has 116 valence electrons. The highest BCUT2D eigenvalue weighted by atomic mass is 35.5. The van der Waals surface area contributed by atoms with Crippen molar-refractivity contribution in [1.82, 2.24) is 4.90 Å². The lowest BCUT2D eigenvalue weighted by Gasteiger charge is -2.22. The number of likely N-dealkylation sites (tertiary alicyclic amines) is 1. The predicted molar refractivity (Wildman–Crippen MR) is 88.1 cm³/mol. The zero-order chi connectivity index (χ0) is 15.1. The summed E-state index contributed by atoms with van der Waals surface area (Å²) in [7, 11) is 0. The second kappa shape index (κ2) is 8.13. The monoisotopic (exact) mass is 309 g/mol. The van der Waals surface area contributed by atoms with Crippen LogP contribution in [-0.2, 0) is 0 Å². The Balaban J connectivity index is 1.85. The molecule has 5 heteroatoms. The SMILES string of the molecule is CC(CN=C(N)N1CCCCCC1)Oc1ccccc1Cl. The molecule has 1 aromatic carbocycles. The van der Waals surface area contributed by atoms with Crippen LogP contribution in [0.2, 0.25) is 5.02 Å². The van der Waals surface area contributed by atoms with Gasteiger partial charge in [-0.05, 0) is 31.9 Å². The minimum Gasteiger partial charge on any atom is -0.487 e. The van der Waals surface area contributed by atoms with Gasteiger partial charge in [0.2, 0.25) is 0 Å². The standard InChI is InChI=1S/C16H24ClN3O/c1-13(21-15-9-5-4-8-14(15)17)12-19-16(18)20-10-6-2-3-7-11-20/h4-5,8-9,13H,2-3,6-7,10-12H2,1H3,(H2,18,19). The normalized spacial score (nSPS) is 18.2. The minimum atomic E-state index is -0.0598. The van der Waals surface area contributed by atoms with E-state index in [0.29, 0.717) is 23.3 Å². The number of para-hydroxylation sites is 1. The van der Waals surface area contributed by atoms with Gasteiger partial charge in [0.05, 0.1) is 11.6 Å². The summed E-state index contributed by atoms with van der Waals surface area (Å²) >= 11 is 6.08. The molecule has 1 atom stereocenters. The molecule has 2 rings (SSSR count). The Morgan fingerprint density at radius 3 is 2.62 bits per heavy atom. The average molecular weight is 310 g/mol. The van der Waals surface area contributed by atoms with E-state index >= 15 is 0 Å². The quantitative estimate of drug-likeness (QED) is 0.686. The summed E-state index contributed by atoms with van der Waals surface area (Å²) in [5.41, 5.74) is 6.08. The fourth-order valence-corrected chi connectivity index (χ4v) is 2.60. The summed E-state index contributed by atoms with van der Waals surface area (Å²) in [6.07, 6.45) is 4.91. The molecule has 0 aliphatic carbocycles. The predicted octanol–water partition coefficient (Wildman–Crippen LogP) is 3.30. The molecule has 0 spiro atoms. The smallest absolute Gasteiger partial charge is 0.191 e. The van der Waals surface area contributed by atoms with Gasteiger partial charge in [-0.15, -0.1) is 0 Å². The molecule has 4 nitrogen and oxygen atoms in total. The Morgan fingerprint density at radius 2 is 1.95 bits per heavy atom. The maximum absolute atomic E-state index is 6.08. The maximum atomic E-state index is 6.08. The van der Waals surface area contributed by atoms with E-state index in [9.17, 15) is 0 Å². The lowest BCUT2D eigenvalue weighted by Crippen LogP contribution is -2.38. The topological polar surface area (TPSA) is 50.8 Å². The van der Waals surface area contributed by atoms with Crippen LogP contribution in [0.15, 0.2) is 29.3 Å². The Morgan fingerprint density at radius 1 is 1.29 bits per heavy atom. The number of halogens is 1. The number of aliphatic imine (C=N–C) groups is 1. The van der Waals surface area contributed by atoms with Crippen molar-refractivity contribution >= 4 is 17.6 Å². The van der Waals surface area contributed by atoms with E-state index in [1.54, 1.807) is 0 Å². The van der Waals surface area contributed by atoms with Crippen molar-refractivity contribution in [3.63, 3.8) is 0 Å². The van der Waals surface area contributed by atoms with Gasteiger partial charge in [-0.1, -0.05) is 36.6 Å². The molecular formula is C16H24ClN3O. The maximum Gasteiger partial charge on any atom is 0.191 e. The molecule has 1 heterocycles. The molecule has 1 aliphatic heterocycles. The molecule has 21 heavy (non-hydrogen) atoms. The highest BCUT2D eigenvalue weighted by molar-refractivity contribution is 6.32. The third-order valence-corrected chi connectivity index (χ3v) is 3.92. The van der Waals surface area contributed by atoms with E-state index < -0.39 is 0 Å². The first-order valence-corrected chi connectivity index (χ1v) is 8.00. The summed E-state index contributed by atoms with van der Waals surface area (Å²) in [5, 5.41) is 0.619. The highest BCUT2D eigenvalue weighted by Crippen LogP contribution is 2.24. The molecule has 1 fully saturated rings. The van der Waals surface area contributed by atoms with Crippen molar-refractivity contribution in [1.29, 1.82) is 0 Å². The number of ether oxygens (including phenoxy) is 1. The van der Waals surface area contributed by atoms with Crippen LogP contribution in [0.3, 0.4) is 0 Å². The van der Waals surface area contributed by atoms with Crippen molar-refractivity contribution in [3.05, 3.63) is 29.3 Å². The Hall–Kier alpha value is -1.42. The van der Waals surface area contributed by atoms with Crippen LogP contribution in [0.4, 0.5) is 0 Å². The molecule has 0 bridgehead atoms. The molecular weight excluding hydrogens is 286 g/mol. The van der Waals surface area contributed by atoms with Crippen molar-refractivity contribution in [2.75, 3.05) is 19.6 Å². The molecule has 1 aromatic rings. The van der Waals surface area contributed by atoms with Gasteiger partial charge in [0.25, 0.3) is 0 Å². The van der Waals surface area contributed by atoms with Crippen LogP contribution < -0.4 is 10.5 Å². The number of hydrogen-bond acceptors (Lipinski definition) is 2. The summed E-state index contributed by atoms with van der Waals surface area (Å²) in [6.45, 7) is 4.53. The highest BCUT2D eigenvalue weighted by Gasteiger charge is 2.12. The van der Waals surface area contributed by atoms with Crippen LogP contribution in [0.1, 0.15) is 32.6 Å². The zero-order valence-corrected chi connectivity index (χ0v) is 13.4. The minimum absolute atomic E-state index is 0.0598. The third kappa shape index (κ3) is 5.12. The Bertz CT molecular complexity index is 470. The summed E-state index contributed by atoms with van der Waals surface area (Å²) in [5.74, 6) is 1.32. The van der Waals surface area contributed by atoms with E-state index in [4.69, 9.17) is 22.1 Å². The first-order chi connectivity index (χ1) is 10.2. The fourth-order valence-electron chi connectivity index (χ4n) is 2.42. The van der Waals surface area contributed by atoms with E-state index in [1.807, 2.05) is 31.2 Å². The van der Waals surface area contributed by atoms with Crippen LogP contribution >= 0.6 is 11.6 Å². The molecule has 1 unspecified atom stereocenters. The van der Waals surface area contributed by atoms with Crippen molar-refractivity contribution in [2.45, 2.75) is 38.7 Å².